The molecule has 2 rings (SSSR count). The highest BCUT2D eigenvalue weighted by Crippen LogP contribution is 2.43. The fourth-order valence-corrected chi connectivity index (χ4v) is 2.43. The topological polar surface area (TPSA) is 72.0 Å². The molecule has 0 amide bonds. The Balaban J connectivity index is 2.41. The quantitative estimate of drug-likeness (QED) is 0.713. The van der Waals surface area contributed by atoms with E-state index in [1.165, 1.54) is 6.33 Å². The lowest BCUT2D eigenvalue weighted by Crippen LogP contribution is -2.52. The van der Waals surface area contributed by atoms with Crippen LogP contribution in [-0.2, 0) is 5.54 Å². The van der Waals surface area contributed by atoms with E-state index in [2.05, 4.69) is 9.97 Å². The molecule has 1 saturated carbocycles. The van der Waals surface area contributed by atoms with Crippen LogP contribution >= 0.6 is 23.2 Å². The van der Waals surface area contributed by atoms with Crippen molar-refractivity contribution in [2.24, 2.45) is 5.73 Å². The van der Waals surface area contributed by atoms with Gasteiger partial charge in [-0.25, -0.2) is 9.97 Å². The molecule has 1 aromatic heterocycles. The summed E-state index contributed by atoms with van der Waals surface area (Å²) in [6.07, 6.45) is 1.79. The third-order valence-corrected chi connectivity index (χ3v) is 3.03. The van der Waals surface area contributed by atoms with Gasteiger partial charge >= 0.3 is 0 Å². The fraction of sp³-hybridized carbons (Fsp3) is 0.500. The van der Waals surface area contributed by atoms with Crippen molar-refractivity contribution in [2.45, 2.75) is 24.5 Å². The summed E-state index contributed by atoms with van der Waals surface area (Å²) in [6, 6.07) is 0. The standard InChI is InChI=1S/C8H9Cl2N3O/c9-6-5(7(10)13-3-12-6)8(11)1-4(14)2-8/h3-4,14H,1-2,11H2. The van der Waals surface area contributed by atoms with E-state index >= 15 is 0 Å². The second-order valence-corrected chi connectivity index (χ2v) is 4.26. The highest BCUT2D eigenvalue weighted by molar-refractivity contribution is 6.34. The molecule has 14 heavy (non-hydrogen) atoms. The summed E-state index contributed by atoms with van der Waals surface area (Å²) in [5.74, 6) is 0. The van der Waals surface area contributed by atoms with Gasteiger partial charge in [-0.05, 0) is 12.8 Å². The van der Waals surface area contributed by atoms with E-state index in [4.69, 9.17) is 28.9 Å². The number of nitrogens with two attached hydrogens (primary N) is 1. The Hall–Kier alpha value is -0.420. The lowest BCUT2D eigenvalue weighted by molar-refractivity contribution is 0.0207. The summed E-state index contributed by atoms with van der Waals surface area (Å²) in [7, 11) is 0. The van der Waals surface area contributed by atoms with Crippen molar-refractivity contribution in [2.75, 3.05) is 0 Å². The minimum absolute atomic E-state index is 0.263. The molecule has 1 fully saturated rings. The Morgan fingerprint density at radius 1 is 1.36 bits per heavy atom. The second-order valence-electron chi connectivity index (χ2n) is 3.55. The first-order chi connectivity index (χ1) is 6.53. The molecule has 4 nitrogen and oxygen atoms in total. The molecule has 1 aromatic rings. The van der Waals surface area contributed by atoms with E-state index in [1.807, 2.05) is 0 Å². The summed E-state index contributed by atoms with van der Waals surface area (Å²) in [6.45, 7) is 0. The van der Waals surface area contributed by atoms with Crippen LogP contribution in [0.4, 0.5) is 0 Å². The zero-order chi connectivity index (χ0) is 10.3. The van der Waals surface area contributed by atoms with Gasteiger partial charge in [-0.2, -0.15) is 0 Å². The zero-order valence-electron chi connectivity index (χ0n) is 7.24. The number of halogens is 2. The third-order valence-electron chi connectivity index (χ3n) is 2.45. The van der Waals surface area contributed by atoms with Crippen LogP contribution < -0.4 is 5.73 Å². The van der Waals surface area contributed by atoms with E-state index in [0.717, 1.165) is 0 Å². The monoisotopic (exact) mass is 233 g/mol. The van der Waals surface area contributed by atoms with Gasteiger partial charge in [0.1, 0.15) is 16.6 Å². The van der Waals surface area contributed by atoms with Gasteiger partial charge in [0.15, 0.2) is 0 Å². The zero-order valence-corrected chi connectivity index (χ0v) is 8.76. The van der Waals surface area contributed by atoms with Gasteiger partial charge in [-0.1, -0.05) is 23.2 Å². The van der Waals surface area contributed by atoms with E-state index < -0.39 is 5.54 Å². The maximum Gasteiger partial charge on any atom is 0.139 e. The smallest absolute Gasteiger partial charge is 0.139 e. The second kappa shape index (κ2) is 3.31. The van der Waals surface area contributed by atoms with Gasteiger partial charge in [0.05, 0.1) is 11.6 Å². The summed E-state index contributed by atoms with van der Waals surface area (Å²) in [4.78, 5) is 7.64. The van der Waals surface area contributed by atoms with Crippen LogP contribution in [-0.4, -0.2) is 21.2 Å². The van der Waals surface area contributed by atoms with Gasteiger partial charge in [-0.3, -0.25) is 0 Å². The lowest BCUT2D eigenvalue weighted by atomic mass is 9.71. The Morgan fingerprint density at radius 3 is 2.29 bits per heavy atom. The van der Waals surface area contributed by atoms with Gasteiger partial charge < -0.3 is 10.8 Å². The Labute approximate surface area is 91.1 Å². The first kappa shape index (κ1) is 10.1. The van der Waals surface area contributed by atoms with Crippen molar-refractivity contribution in [3.8, 4) is 0 Å². The molecule has 0 unspecified atom stereocenters. The van der Waals surface area contributed by atoms with E-state index in [9.17, 15) is 5.11 Å². The van der Waals surface area contributed by atoms with Crippen molar-refractivity contribution in [1.82, 2.24) is 9.97 Å². The largest absolute Gasteiger partial charge is 0.393 e. The van der Waals surface area contributed by atoms with Crippen molar-refractivity contribution in [3.63, 3.8) is 0 Å². The first-order valence-corrected chi connectivity index (χ1v) is 4.92. The summed E-state index contributed by atoms with van der Waals surface area (Å²) < 4.78 is 0. The maximum atomic E-state index is 9.22. The molecule has 1 aliphatic rings. The maximum absolute atomic E-state index is 9.22. The SMILES string of the molecule is NC1(c2c(Cl)ncnc2Cl)CC(O)C1. The Bertz CT molecular complexity index is 345. The van der Waals surface area contributed by atoms with Gasteiger partial charge in [0.25, 0.3) is 0 Å². The molecule has 0 spiro atoms. The van der Waals surface area contributed by atoms with Crippen molar-refractivity contribution in [1.29, 1.82) is 0 Å². The van der Waals surface area contributed by atoms with Crippen LogP contribution in [0.25, 0.3) is 0 Å². The molecule has 0 radical (unpaired) electrons. The molecule has 6 heteroatoms. The van der Waals surface area contributed by atoms with Gasteiger partial charge in [-0.15, -0.1) is 0 Å². The summed E-state index contributed by atoms with van der Waals surface area (Å²) >= 11 is 11.8. The molecule has 0 aliphatic heterocycles. The van der Waals surface area contributed by atoms with Crippen LogP contribution in [0.2, 0.25) is 10.3 Å². The predicted octanol–water partition coefficient (Wildman–Crippen LogP) is 1.09. The number of aliphatic hydroxyl groups is 1. The number of aliphatic hydroxyl groups excluding tert-OH is 1. The van der Waals surface area contributed by atoms with Crippen molar-refractivity contribution < 1.29 is 5.11 Å². The lowest BCUT2D eigenvalue weighted by Gasteiger charge is -2.42. The molecule has 0 bridgehead atoms. The highest BCUT2D eigenvalue weighted by atomic mass is 35.5. The van der Waals surface area contributed by atoms with E-state index in [-0.39, 0.29) is 16.4 Å². The van der Waals surface area contributed by atoms with Gasteiger partial charge in [0, 0.05) is 5.56 Å². The van der Waals surface area contributed by atoms with E-state index in [0.29, 0.717) is 18.4 Å². The molecular formula is C8H9Cl2N3O. The normalized spacial score (nSPS) is 31.3. The molecule has 0 atom stereocenters. The highest BCUT2D eigenvalue weighted by Gasteiger charge is 2.44. The van der Waals surface area contributed by atoms with Crippen LogP contribution in [0.5, 0.6) is 0 Å². The van der Waals surface area contributed by atoms with Crippen LogP contribution in [0, 0.1) is 0 Å². The molecule has 76 valence electrons. The molecule has 3 N–H and O–H groups in total. The molecular weight excluding hydrogens is 225 g/mol. The van der Waals surface area contributed by atoms with Crippen LogP contribution in [0.15, 0.2) is 6.33 Å². The summed E-state index contributed by atoms with van der Waals surface area (Å²) in [5, 5.41) is 9.75. The Morgan fingerprint density at radius 2 is 1.86 bits per heavy atom. The Kier molecular flexibility index (Phi) is 2.39. The van der Waals surface area contributed by atoms with Crippen LogP contribution in [0.3, 0.4) is 0 Å². The van der Waals surface area contributed by atoms with Crippen molar-refractivity contribution >= 4 is 23.2 Å². The predicted molar refractivity (Wildman–Crippen MR) is 53.2 cm³/mol. The number of nitrogens with zero attached hydrogens (tertiary/aromatic N) is 2. The average molecular weight is 234 g/mol. The minimum atomic E-state index is -0.672. The number of rotatable bonds is 1. The number of hydrogen-bond acceptors (Lipinski definition) is 4. The molecule has 1 heterocycles. The summed E-state index contributed by atoms with van der Waals surface area (Å²) in [5.41, 5.74) is 5.87. The van der Waals surface area contributed by atoms with E-state index in [1.54, 1.807) is 0 Å². The first-order valence-electron chi connectivity index (χ1n) is 4.16. The molecule has 0 aromatic carbocycles. The number of aromatic nitrogens is 2. The van der Waals surface area contributed by atoms with Gasteiger partial charge in [0.2, 0.25) is 0 Å². The molecule has 0 saturated heterocycles. The molecule has 1 aliphatic carbocycles. The number of hydrogen-bond donors (Lipinski definition) is 2. The third kappa shape index (κ3) is 1.48. The van der Waals surface area contributed by atoms with Crippen LogP contribution in [0.1, 0.15) is 18.4 Å². The average Bonchev–Trinajstić information content (AvgIpc) is 2.00. The fourth-order valence-electron chi connectivity index (χ4n) is 1.74. The minimum Gasteiger partial charge on any atom is -0.393 e. The van der Waals surface area contributed by atoms with Crippen molar-refractivity contribution in [3.05, 3.63) is 22.2 Å².